The van der Waals surface area contributed by atoms with Crippen LogP contribution in [-0.2, 0) is 30.4 Å². The molecule has 2 aliphatic rings. The number of nitrogens with one attached hydrogen (secondary N) is 2. The van der Waals surface area contributed by atoms with Gasteiger partial charge in [-0.2, -0.15) is 0 Å². The summed E-state index contributed by atoms with van der Waals surface area (Å²) in [6.45, 7) is 6.52. The van der Waals surface area contributed by atoms with Gasteiger partial charge in [-0.05, 0) is 51.3 Å². The molecule has 14 nitrogen and oxygen atoms in total. The Morgan fingerprint density at radius 1 is 1.23 bits per heavy atom. The van der Waals surface area contributed by atoms with Gasteiger partial charge in [0.05, 0.1) is 13.2 Å². The van der Waals surface area contributed by atoms with Crippen LogP contribution in [0.4, 0.5) is 10.5 Å². The fourth-order valence-electron chi connectivity index (χ4n) is 4.39. The van der Waals surface area contributed by atoms with Crippen LogP contribution in [0.25, 0.3) is 10.4 Å². The number of amides is 5. The lowest BCUT2D eigenvalue weighted by molar-refractivity contribution is -0.137. The number of piperidine rings is 1. The number of nitrogens with zero attached hydrogens (tertiary/aromatic N) is 5. The van der Waals surface area contributed by atoms with Crippen LogP contribution in [-0.4, -0.2) is 84.0 Å². The number of carbonyl (C=O) groups is 5. The summed E-state index contributed by atoms with van der Waals surface area (Å²) < 4.78 is 10.9. The minimum Gasteiger partial charge on any atom is -0.444 e. The zero-order chi connectivity index (χ0) is 29.3. The first kappa shape index (κ1) is 30.4. The number of hydrogen-bond donors (Lipinski definition) is 2. The maximum absolute atomic E-state index is 13.0. The second-order valence-corrected chi connectivity index (χ2v) is 10.4. The van der Waals surface area contributed by atoms with E-state index >= 15 is 0 Å². The van der Waals surface area contributed by atoms with Gasteiger partial charge >= 0.3 is 6.09 Å². The fourth-order valence-corrected chi connectivity index (χ4v) is 4.39. The SMILES string of the molecule is CC(C)(C)OC(=O)N(CCCC(=O)Nc1cccc2c1CN(C1CCC(=O)NC1=O)C2=O)CCOCCN=[N+]=[N-]. The Balaban J connectivity index is 1.56. The molecule has 0 spiro atoms. The van der Waals surface area contributed by atoms with E-state index < -0.39 is 23.6 Å². The topological polar surface area (TPSA) is 183 Å². The van der Waals surface area contributed by atoms with E-state index in [4.69, 9.17) is 15.0 Å². The number of carbonyl (C=O) groups excluding carboxylic acids is 5. The highest BCUT2D eigenvalue weighted by atomic mass is 16.6. The minimum atomic E-state index is -0.747. The fraction of sp³-hybridized carbons (Fsp3) is 0.577. The third kappa shape index (κ3) is 8.42. The normalized spacial score (nSPS) is 16.6. The number of anilines is 1. The molecule has 2 heterocycles. The quantitative estimate of drug-likeness (QED) is 0.130. The maximum Gasteiger partial charge on any atom is 0.410 e. The van der Waals surface area contributed by atoms with Crippen molar-refractivity contribution in [1.82, 2.24) is 15.1 Å². The number of imide groups is 1. The standard InChI is InChI=1S/C26H35N7O7/c1-26(2,3)40-25(38)32(13-15-39-14-11-28-31-27)12-5-8-21(34)29-19-7-4-6-17-18(19)16-33(24(17)37)20-9-10-22(35)30-23(20)36/h4,6-7,20H,5,8-16H2,1-3H3,(H,29,34)(H,30,35,36). The summed E-state index contributed by atoms with van der Waals surface area (Å²) in [5, 5.41) is 8.51. The van der Waals surface area contributed by atoms with Gasteiger partial charge in [0.15, 0.2) is 0 Å². The summed E-state index contributed by atoms with van der Waals surface area (Å²) in [6.07, 6.45) is 0.326. The summed E-state index contributed by atoms with van der Waals surface area (Å²) in [5.74, 6) is -1.48. The smallest absolute Gasteiger partial charge is 0.410 e. The molecule has 0 bridgehead atoms. The van der Waals surface area contributed by atoms with Gasteiger partial charge in [-0.1, -0.05) is 11.2 Å². The Kier molecular flexibility index (Phi) is 10.5. The third-order valence-corrected chi connectivity index (χ3v) is 6.24. The van der Waals surface area contributed by atoms with E-state index in [1.165, 1.54) is 9.80 Å². The van der Waals surface area contributed by atoms with Gasteiger partial charge in [-0.3, -0.25) is 24.5 Å². The van der Waals surface area contributed by atoms with Crippen LogP contribution >= 0.6 is 0 Å². The van der Waals surface area contributed by atoms with Crippen molar-refractivity contribution >= 4 is 35.4 Å². The van der Waals surface area contributed by atoms with Gasteiger partial charge in [0.25, 0.3) is 5.91 Å². The first-order valence-corrected chi connectivity index (χ1v) is 13.1. The molecule has 14 heteroatoms. The highest BCUT2D eigenvalue weighted by Crippen LogP contribution is 2.32. The maximum atomic E-state index is 13.0. The van der Waals surface area contributed by atoms with Crippen molar-refractivity contribution in [3.05, 3.63) is 39.8 Å². The van der Waals surface area contributed by atoms with Crippen LogP contribution < -0.4 is 10.6 Å². The molecule has 216 valence electrons. The molecular weight excluding hydrogens is 522 g/mol. The lowest BCUT2D eigenvalue weighted by Crippen LogP contribution is -2.52. The first-order valence-electron chi connectivity index (χ1n) is 13.1. The monoisotopic (exact) mass is 557 g/mol. The summed E-state index contributed by atoms with van der Waals surface area (Å²) in [5.41, 5.74) is 9.12. The van der Waals surface area contributed by atoms with Crippen LogP contribution in [0.5, 0.6) is 0 Å². The molecule has 0 radical (unpaired) electrons. The average molecular weight is 558 g/mol. The summed E-state index contributed by atoms with van der Waals surface area (Å²) in [7, 11) is 0. The van der Waals surface area contributed by atoms with Crippen molar-refractivity contribution in [2.45, 2.75) is 64.6 Å². The Hall–Kier alpha value is -4.16. The number of ether oxygens (including phenoxy) is 2. The van der Waals surface area contributed by atoms with Crippen LogP contribution in [0.3, 0.4) is 0 Å². The molecule has 2 aliphatic heterocycles. The van der Waals surface area contributed by atoms with E-state index in [0.717, 1.165) is 0 Å². The molecule has 0 aromatic heterocycles. The molecule has 1 saturated heterocycles. The lowest BCUT2D eigenvalue weighted by Gasteiger charge is -2.29. The van der Waals surface area contributed by atoms with Gasteiger partial charge in [-0.15, -0.1) is 0 Å². The largest absolute Gasteiger partial charge is 0.444 e. The van der Waals surface area contributed by atoms with Crippen molar-refractivity contribution in [1.29, 1.82) is 0 Å². The molecule has 3 rings (SSSR count). The molecule has 0 saturated carbocycles. The van der Waals surface area contributed by atoms with Gasteiger partial charge in [0, 0.05) is 60.7 Å². The second kappa shape index (κ2) is 13.8. The van der Waals surface area contributed by atoms with Gasteiger partial charge in [0.1, 0.15) is 11.6 Å². The number of benzene rings is 1. The number of fused-ring (bicyclic) bond motifs is 1. The zero-order valence-corrected chi connectivity index (χ0v) is 23.0. The highest BCUT2D eigenvalue weighted by molar-refractivity contribution is 6.06. The van der Waals surface area contributed by atoms with Crippen LogP contribution in [0.1, 0.15) is 62.4 Å². The molecule has 5 amide bonds. The van der Waals surface area contributed by atoms with Crippen LogP contribution in [0.2, 0.25) is 0 Å². The van der Waals surface area contributed by atoms with Crippen LogP contribution in [0.15, 0.2) is 23.3 Å². The summed E-state index contributed by atoms with van der Waals surface area (Å²) in [6, 6.07) is 4.25. The molecule has 1 aromatic rings. The molecule has 40 heavy (non-hydrogen) atoms. The van der Waals surface area contributed by atoms with Crippen molar-refractivity contribution in [2.75, 3.05) is 38.2 Å². The molecule has 1 fully saturated rings. The Bertz CT molecular complexity index is 1190. The highest BCUT2D eigenvalue weighted by Gasteiger charge is 2.40. The Morgan fingerprint density at radius 2 is 2.00 bits per heavy atom. The van der Waals surface area contributed by atoms with Crippen molar-refractivity contribution in [2.24, 2.45) is 5.11 Å². The molecule has 1 unspecified atom stereocenters. The lowest BCUT2D eigenvalue weighted by atomic mass is 10.0. The number of azide groups is 1. The summed E-state index contributed by atoms with van der Waals surface area (Å²) in [4.78, 5) is 67.8. The minimum absolute atomic E-state index is 0.103. The Labute approximate surface area is 232 Å². The molecule has 0 aliphatic carbocycles. The first-order chi connectivity index (χ1) is 19.0. The van der Waals surface area contributed by atoms with Gasteiger partial charge < -0.3 is 24.6 Å². The van der Waals surface area contributed by atoms with E-state index in [2.05, 4.69) is 20.7 Å². The van der Waals surface area contributed by atoms with E-state index in [9.17, 15) is 24.0 Å². The summed E-state index contributed by atoms with van der Waals surface area (Å²) >= 11 is 0. The number of rotatable bonds is 12. The predicted molar refractivity (Wildman–Crippen MR) is 143 cm³/mol. The molecule has 1 atom stereocenters. The third-order valence-electron chi connectivity index (χ3n) is 6.24. The van der Waals surface area contributed by atoms with Crippen molar-refractivity contribution < 1.29 is 33.4 Å². The Morgan fingerprint density at radius 3 is 2.70 bits per heavy atom. The van der Waals surface area contributed by atoms with Gasteiger partial charge in [-0.25, -0.2) is 4.79 Å². The number of hydrogen-bond acceptors (Lipinski definition) is 8. The van der Waals surface area contributed by atoms with Crippen molar-refractivity contribution in [3.63, 3.8) is 0 Å². The molecule has 1 aromatic carbocycles. The predicted octanol–water partition coefficient (Wildman–Crippen LogP) is 2.73. The molecule has 2 N–H and O–H groups in total. The van der Waals surface area contributed by atoms with Crippen molar-refractivity contribution in [3.8, 4) is 0 Å². The van der Waals surface area contributed by atoms with E-state index in [-0.39, 0.29) is 76.4 Å². The average Bonchev–Trinajstić information content (AvgIpc) is 3.21. The van der Waals surface area contributed by atoms with Crippen LogP contribution in [0, 0.1) is 0 Å². The van der Waals surface area contributed by atoms with E-state index in [0.29, 0.717) is 23.2 Å². The van der Waals surface area contributed by atoms with Gasteiger partial charge in [0.2, 0.25) is 17.7 Å². The zero-order valence-electron chi connectivity index (χ0n) is 23.0. The van der Waals surface area contributed by atoms with E-state index in [1.54, 1.807) is 39.0 Å². The molecular formula is C26H35N7O7. The van der Waals surface area contributed by atoms with E-state index in [1.807, 2.05) is 0 Å². The second-order valence-electron chi connectivity index (χ2n) is 10.4.